The van der Waals surface area contributed by atoms with Crippen molar-refractivity contribution in [2.45, 2.75) is 19.9 Å². The van der Waals surface area contributed by atoms with E-state index in [0.717, 1.165) is 16.5 Å². The van der Waals surface area contributed by atoms with Crippen LogP contribution in [-0.2, 0) is 0 Å². The number of aromatic hydroxyl groups is 1. The van der Waals surface area contributed by atoms with E-state index in [4.69, 9.17) is 5.73 Å². The number of rotatable bonds is 2. The smallest absolute Gasteiger partial charge is 0.129 e. The van der Waals surface area contributed by atoms with Crippen LogP contribution in [0.1, 0.15) is 25.5 Å². The summed E-state index contributed by atoms with van der Waals surface area (Å²) < 4.78 is 0. The number of nitrogens with one attached hydrogen (secondary N) is 1. The molecule has 0 aliphatic rings. The highest BCUT2D eigenvalue weighted by molar-refractivity contribution is 5.87. The molecule has 80 valence electrons. The van der Waals surface area contributed by atoms with Crippen molar-refractivity contribution in [1.29, 1.82) is 0 Å². The van der Waals surface area contributed by atoms with E-state index in [1.54, 1.807) is 0 Å². The molecule has 3 heteroatoms. The first-order chi connectivity index (χ1) is 7.11. The first-order valence-corrected chi connectivity index (χ1v) is 5.16. The van der Waals surface area contributed by atoms with E-state index < -0.39 is 0 Å². The minimum Gasteiger partial charge on any atom is -0.507 e. The summed E-state index contributed by atoms with van der Waals surface area (Å²) in [5.41, 5.74) is 7.78. The van der Waals surface area contributed by atoms with Crippen molar-refractivity contribution < 1.29 is 5.11 Å². The summed E-state index contributed by atoms with van der Waals surface area (Å²) in [7, 11) is 0. The number of phenols is 1. The maximum absolute atomic E-state index is 10.1. The van der Waals surface area contributed by atoms with Gasteiger partial charge in [-0.05, 0) is 18.1 Å². The molecule has 15 heavy (non-hydrogen) atoms. The third-order valence-corrected chi connectivity index (χ3v) is 2.81. The molecule has 0 aliphatic carbocycles. The van der Waals surface area contributed by atoms with Crippen molar-refractivity contribution in [2.24, 2.45) is 11.7 Å². The van der Waals surface area contributed by atoms with Crippen LogP contribution in [0.5, 0.6) is 5.75 Å². The lowest BCUT2D eigenvalue weighted by atomic mass is 9.95. The molecular weight excluding hydrogens is 188 g/mol. The second-order valence-electron chi connectivity index (χ2n) is 4.21. The minimum atomic E-state index is -0.121. The fraction of sp³-hybridized carbons (Fsp3) is 0.333. The van der Waals surface area contributed by atoms with Crippen molar-refractivity contribution in [3.05, 3.63) is 30.0 Å². The van der Waals surface area contributed by atoms with Crippen LogP contribution in [0.25, 0.3) is 10.9 Å². The molecule has 1 heterocycles. The summed E-state index contributed by atoms with van der Waals surface area (Å²) >= 11 is 0. The zero-order valence-electron chi connectivity index (χ0n) is 8.99. The minimum absolute atomic E-state index is 0.121. The van der Waals surface area contributed by atoms with Gasteiger partial charge in [-0.1, -0.05) is 19.9 Å². The van der Waals surface area contributed by atoms with Gasteiger partial charge in [0.05, 0.1) is 0 Å². The lowest BCUT2D eigenvalue weighted by Gasteiger charge is -2.17. The van der Waals surface area contributed by atoms with Crippen molar-refractivity contribution in [3.8, 4) is 5.75 Å². The monoisotopic (exact) mass is 204 g/mol. The standard InChI is InChI=1S/C12H16N2O/c1-7(2)11(13)9-3-4-10-8(12(9)15)5-6-14-10/h3-7,11,14-15H,13H2,1-2H3/t11-/m0/s1. The summed E-state index contributed by atoms with van der Waals surface area (Å²) in [4.78, 5) is 3.05. The van der Waals surface area contributed by atoms with Gasteiger partial charge in [0.15, 0.2) is 0 Å². The number of aromatic nitrogens is 1. The maximum Gasteiger partial charge on any atom is 0.129 e. The fourth-order valence-corrected chi connectivity index (χ4v) is 1.76. The fourth-order valence-electron chi connectivity index (χ4n) is 1.76. The Morgan fingerprint density at radius 3 is 2.67 bits per heavy atom. The molecule has 1 atom stereocenters. The van der Waals surface area contributed by atoms with Gasteiger partial charge in [-0.3, -0.25) is 0 Å². The molecule has 3 nitrogen and oxygen atoms in total. The highest BCUT2D eigenvalue weighted by atomic mass is 16.3. The molecule has 0 amide bonds. The summed E-state index contributed by atoms with van der Waals surface area (Å²) in [5, 5.41) is 10.9. The van der Waals surface area contributed by atoms with Crippen molar-refractivity contribution in [3.63, 3.8) is 0 Å². The van der Waals surface area contributed by atoms with Gasteiger partial charge in [0, 0.05) is 28.7 Å². The largest absolute Gasteiger partial charge is 0.507 e. The van der Waals surface area contributed by atoms with Gasteiger partial charge in [0.25, 0.3) is 0 Å². The van der Waals surface area contributed by atoms with Crippen molar-refractivity contribution in [1.82, 2.24) is 4.98 Å². The first kappa shape index (κ1) is 10.1. The topological polar surface area (TPSA) is 62.0 Å². The Balaban J connectivity index is 2.57. The Morgan fingerprint density at radius 2 is 2.00 bits per heavy atom. The Labute approximate surface area is 88.9 Å². The summed E-state index contributed by atoms with van der Waals surface area (Å²) in [6, 6.07) is 5.58. The molecular formula is C12H16N2O. The Bertz CT molecular complexity index is 473. The Hall–Kier alpha value is -1.48. The van der Waals surface area contributed by atoms with E-state index in [1.807, 2.05) is 38.2 Å². The molecule has 0 fully saturated rings. The van der Waals surface area contributed by atoms with Crippen LogP contribution >= 0.6 is 0 Å². The summed E-state index contributed by atoms with van der Waals surface area (Å²) in [5.74, 6) is 0.613. The third kappa shape index (κ3) is 1.59. The zero-order valence-corrected chi connectivity index (χ0v) is 8.99. The average molecular weight is 204 g/mol. The molecule has 4 N–H and O–H groups in total. The highest BCUT2D eigenvalue weighted by Crippen LogP contribution is 2.33. The molecule has 0 aliphatic heterocycles. The predicted octanol–water partition coefficient (Wildman–Crippen LogP) is 2.53. The number of nitrogens with two attached hydrogens (primary N) is 1. The molecule has 1 aromatic heterocycles. The average Bonchev–Trinajstić information content (AvgIpc) is 2.66. The molecule has 2 aromatic rings. The quantitative estimate of drug-likeness (QED) is 0.704. The first-order valence-electron chi connectivity index (χ1n) is 5.16. The van der Waals surface area contributed by atoms with Crippen LogP contribution in [0, 0.1) is 5.92 Å². The van der Waals surface area contributed by atoms with Gasteiger partial charge in [-0.15, -0.1) is 0 Å². The number of fused-ring (bicyclic) bond motifs is 1. The molecule has 1 aromatic carbocycles. The van der Waals surface area contributed by atoms with Gasteiger partial charge in [-0.2, -0.15) is 0 Å². The van der Waals surface area contributed by atoms with Crippen molar-refractivity contribution >= 4 is 10.9 Å². The van der Waals surface area contributed by atoms with Crippen LogP contribution in [0.3, 0.4) is 0 Å². The molecule has 0 saturated heterocycles. The lowest BCUT2D eigenvalue weighted by molar-refractivity contribution is 0.445. The van der Waals surface area contributed by atoms with Crippen LogP contribution in [0.15, 0.2) is 24.4 Å². The number of phenolic OH excluding ortho intramolecular Hbond substituents is 1. The Morgan fingerprint density at radius 1 is 1.27 bits per heavy atom. The molecule has 0 bridgehead atoms. The van der Waals surface area contributed by atoms with E-state index in [2.05, 4.69) is 4.98 Å². The predicted molar refractivity (Wildman–Crippen MR) is 61.7 cm³/mol. The number of hydrogen-bond acceptors (Lipinski definition) is 2. The van der Waals surface area contributed by atoms with Crippen LogP contribution < -0.4 is 5.73 Å². The molecule has 2 rings (SSSR count). The number of H-pyrrole nitrogens is 1. The SMILES string of the molecule is CC(C)[C@H](N)c1ccc2[nH]ccc2c1O. The van der Waals surface area contributed by atoms with Gasteiger partial charge < -0.3 is 15.8 Å². The normalized spacial score (nSPS) is 13.6. The number of benzene rings is 1. The maximum atomic E-state index is 10.1. The summed E-state index contributed by atoms with van der Waals surface area (Å²) in [6.07, 6.45) is 1.81. The van der Waals surface area contributed by atoms with Gasteiger partial charge >= 0.3 is 0 Å². The van der Waals surface area contributed by atoms with E-state index >= 15 is 0 Å². The van der Waals surface area contributed by atoms with Gasteiger partial charge in [0.1, 0.15) is 5.75 Å². The van der Waals surface area contributed by atoms with Crippen molar-refractivity contribution in [2.75, 3.05) is 0 Å². The number of hydrogen-bond donors (Lipinski definition) is 3. The van der Waals surface area contributed by atoms with E-state index in [1.165, 1.54) is 0 Å². The lowest BCUT2D eigenvalue weighted by Crippen LogP contribution is -2.16. The Kier molecular flexibility index (Phi) is 2.40. The molecule has 0 unspecified atom stereocenters. The highest BCUT2D eigenvalue weighted by Gasteiger charge is 2.16. The van der Waals surface area contributed by atoms with Gasteiger partial charge in [0.2, 0.25) is 0 Å². The van der Waals surface area contributed by atoms with Gasteiger partial charge in [-0.25, -0.2) is 0 Å². The second-order valence-corrected chi connectivity index (χ2v) is 4.21. The second kappa shape index (κ2) is 3.59. The van der Waals surface area contributed by atoms with Crippen LogP contribution in [-0.4, -0.2) is 10.1 Å². The van der Waals surface area contributed by atoms with Crippen LogP contribution in [0.4, 0.5) is 0 Å². The van der Waals surface area contributed by atoms with E-state index in [9.17, 15) is 5.11 Å². The molecule has 0 radical (unpaired) electrons. The zero-order chi connectivity index (χ0) is 11.0. The van der Waals surface area contributed by atoms with E-state index in [-0.39, 0.29) is 6.04 Å². The summed E-state index contributed by atoms with van der Waals surface area (Å²) in [6.45, 7) is 4.09. The third-order valence-electron chi connectivity index (χ3n) is 2.81. The molecule has 0 saturated carbocycles. The van der Waals surface area contributed by atoms with Crippen LogP contribution in [0.2, 0.25) is 0 Å². The van der Waals surface area contributed by atoms with E-state index in [0.29, 0.717) is 11.7 Å². The molecule has 0 spiro atoms. The number of aromatic amines is 1.